The van der Waals surface area contributed by atoms with Gasteiger partial charge < -0.3 is 10.3 Å². The molecule has 0 bridgehead atoms. The van der Waals surface area contributed by atoms with E-state index in [0.717, 1.165) is 55.9 Å². The smallest absolute Gasteiger partial charge is 0.248 e. The zero-order valence-corrected chi connectivity index (χ0v) is 17.3. The second kappa shape index (κ2) is 7.52. The highest BCUT2D eigenvalue weighted by Gasteiger charge is 2.58. The summed E-state index contributed by atoms with van der Waals surface area (Å²) in [4.78, 5) is 18.5. The van der Waals surface area contributed by atoms with Crippen LogP contribution < -0.4 is 5.73 Å². The highest BCUT2D eigenvalue weighted by Crippen LogP contribution is 2.64. The van der Waals surface area contributed by atoms with Crippen LogP contribution in [-0.2, 0) is 6.54 Å². The molecule has 1 saturated heterocycles. The van der Waals surface area contributed by atoms with Gasteiger partial charge in [0.15, 0.2) is 0 Å². The summed E-state index contributed by atoms with van der Waals surface area (Å²) in [6, 6.07) is 15.1. The summed E-state index contributed by atoms with van der Waals surface area (Å²) in [5.41, 5.74) is 8.24. The normalized spacial score (nSPS) is 20.4. The van der Waals surface area contributed by atoms with Crippen molar-refractivity contribution < 1.29 is 9.32 Å². The number of carbonyl (C=O) groups is 1. The van der Waals surface area contributed by atoms with Gasteiger partial charge >= 0.3 is 0 Å². The Kier molecular flexibility index (Phi) is 4.83. The van der Waals surface area contributed by atoms with Gasteiger partial charge in [0.25, 0.3) is 0 Å². The number of amides is 1. The van der Waals surface area contributed by atoms with Crippen molar-refractivity contribution >= 4 is 17.5 Å². The lowest BCUT2D eigenvalue weighted by Gasteiger charge is -2.32. The van der Waals surface area contributed by atoms with Crippen molar-refractivity contribution in [2.75, 3.05) is 13.1 Å². The molecule has 0 radical (unpaired) electrons. The van der Waals surface area contributed by atoms with Crippen LogP contribution in [0.5, 0.6) is 0 Å². The number of halogens is 1. The van der Waals surface area contributed by atoms with E-state index in [1.807, 2.05) is 42.5 Å². The molecule has 1 aliphatic carbocycles. The number of primary amides is 1. The van der Waals surface area contributed by atoms with Crippen LogP contribution >= 0.6 is 11.6 Å². The van der Waals surface area contributed by atoms with E-state index in [0.29, 0.717) is 22.3 Å². The van der Waals surface area contributed by atoms with E-state index in [2.05, 4.69) is 15.0 Å². The van der Waals surface area contributed by atoms with Gasteiger partial charge in [-0.1, -0.05) is 41.0 Å². The third-order valence-corrected chi connectivity index (χ3v) is 6.72. The molecular formula is C23H23ClN4O2. The molecule has 2 N–H and O–H groups in total. The molecule has 3 aromatic rings. The molecule has 6 nitrogen and oxygen atoms in total. The minimum Gasteiger partial charge on any atom is -0.366 e. The average Bonchev–Trinajstić information content (AvgIpc) is 3.21. The Hall–Kier alpha value is -2.70. The van der Waals surface area contributed by atoms with Crippen molar-refractivity contribution in [3.63, 3.8) is 0 Å². The van der Waals surface area contributed by atoms with E-state index in [4.69, 9.17) is 21.9 Å². The van der Waals surface area contributed by atoms with E-state index >= 15 is 0 Å². The first kappa shape index (κ1) is 19.3. The van der Waals surface area contributed by atoms with Crippen LogP contribution in [0.2, 0.25) is 5.02 Å². The Morgan fingerprint density at radius 3 is 2.77 bits per heavy atom. The fourth-order valence-corrected chi connectivity index (χ4v) is 4.80. The zero-order valence-electron chi connectivity index (χ0n) is 16.6. The molecule has 5 rings (SSSR count). The summed E-state index contributed by atoms with van der Waals surface area (Å²) < 4.78 is 5.61. The van der Waals surface area contributed by atoms with E-state index in [1.54, 1.807) is 6.07 Å². The monoisotopic (exact) mass is 422 g/mol. The van der Waals surface area contributed by atoms with E-state index in [9.17, 15) is 4.79 Å². The molecule has 2 heterocycles. The number of hydrogen-bond donors (Lipinski definition) is 1. The van der Waals surface area contributed by atoms with Gasteiger partial charge in [0, 0.05) is 28.6 Å². The second-order valence-electron chi connectivity index (χ2n) is 8.43. The molecule has 1 aromatic heterocycles. The van der Waals surface area contributed by atoms with Crippen molar-refractivity contribution in [1.82, 2.24) is 15.0 Å². The second-order valence-corrected chi connectivity index (χ2v) is 8.86. The van der Waals surface area contributed by atoms with Crippen molar-refractivity contribution in [3.05, 3.63) is 70.6 Å². The first-order valence-corrected chi connectivity index (χ1v) is 10.6. The molecule has 30 heavy (non-hydrogen) atoms. The quantitative estimate of drug-likeness (QED) is 0.664. The number of carbonyl (C=O) groups excluding carboxylic acids is 1. The van der Waals surface area contributed by atoms with Gasteiger partial charge in [0.1, 0.15) is 0 Å². The minimum absolute atomic E-state index is 0.281. The lowest BCUT2D eigenvalue weighted by Crippen LogP contribution is -2.34. The van der Waals surface area contributed by atoms with Crippen molar-refractivity contribution in [2.45, 2.75) is 31.7 Å². The Balaban J connectivity index is 1.21. The molecule has 1 saturated carbocycles. The van der Waals surface area contributed by atoms with E-state index < -0.39 is 0 Å². The standard InChI is InChI=1S/C23H23ClN4O2/c24-18-6-2-5-17(12-18)21-26-22(30-27-21)19-13-23(19)7-9-28(10-8-23)14-15-3-1-4-16(11-15)20(25)29/h1-6,11-12,19H,7-10,13-14H2,(H2,25,29)/t19-/m0/s1. The molecule has 2 aromatic carbocycles. The van der Waals surface area contributed by atoms with Crippen LogP contribution in [0.25, 0.3) is 11.4 Å². The van der Waals surface area contributed by atoms with E-state index in [1.165, 1.54) is 0 Å². The molecule has 2 fully saturated rings. The fourth-order valence-electron chi connectivity index (χ4n) is 4.61. The van der Waals surface area contributed by atoms with Crippen LogP contribution in [0, 0.1) is 5.41 Å². The van der Waals surface area contributed by atoms with Gasteiger partial charge in [-0.2, -0.15) is 4.98 Å². The number of benzene rings is 2. The number of likely N-dealkylation sites (tertiary alicyclic amines) is 1. The highest BCUT2D eigenvalue weighted by atomic mass is 35.5. The number of aromatic nitrogens is 2. The molecule has 1 amide bonds. The molecule has 2 aliphatic rings. The van der Waals surface area contributed by atoms with E-state index in [-0.39, 0.29) is 11.3 Å². The number of rotatable bonds is 5. The summed E-state index contributed by atoms with van der Waals surface area (Å²) in [5.74, 6) is 1.30. The first-order valence-electron chi connectivity index (χ1n) is 10.2. The Labute approximate surface area is 180 Å². The summed E-state index contributed by atoms with van der Waals surface area (Å²) in [7, 11) is 0. The maximum atomic E-state index is 11.4. The molecule has 1 atom stereocenters. The largest absolute Gasteiger partial charge is 0.366 e. The molecule has 7 heteroatoms. The van der Waals surface area contributed by atoms with Crippen LogP contribution in [0.1, 0.15) is 47.0 Å². The lowest BCUT2D eigenvalue weighted by molar-refractivity contribution is 0.1000. The summed E-state index contributed by atoms with van der Waals surface area (Å²) in [5, 5.41) is 4.83. The first-order chi connectivity index (χ1) is 14.5. The molecule has 0 unspecified atom stereocenters. The zero-order chi connectivity index (χ0) is 20.7. The SMILES string of the molecule is NC(=O)c1cccc(CN2CCC3(CC2)C[C@H]3c2nc(-c3cccc(Cl)c3)no2)c1. The van der Waals surface area contributed by atoms with Gasteiger partial charge in [0.05, 0.1) is 0 Å². The summed E-state index contributed by atoms with van der Waals surface area (Å²) >= 11 is 6.08. The molecular weight excluding hydrogens is 400 g/mol. The summed E-state index contributed by atoms with van der Waals surface area (Å²) in [6.45, 7) is 2.88. The maximum Gasteiger partial charge on any atom is 0.248 e. The maximum absolute atomic E-state index is 11.4. The van der Waals surface area contributed by atoms with Crippen LogP contribution in [0.4, 0.5) is 0 Å². The average molecular weight is 423 g/mol. The number of piperidine rings is 1. The van der Waals surface area contributed by atoms with Crippen LogP contribution in [-0.4, -0.2) is 34.0 Å². The Bertz CT molecular complexity index is 1090. The Morgan fingerprint density at radius 2 is 2.00 bits per heavy atom. The molecule has 1 spiro atoms. The van der Waals surface area contributed by atoms with Crippen molar-refractivity contribution in [1.29, 1.82) is 0 Å². The fraction of sp³-hybridized carbons (Fsp3) is 0.348. The predicted octanol–water partition coefficient (Wildman–Crippen LogP) is 4.26. The predicted molar refractivity (Wildman–Crippen MR) is 114 cm³/mol. The topological polar surface area (TPSA) is 85.3 Å². The number of nitrogens with zero attached hydrogens (tertiary/aromatic N) is 3. The third-order valence-electron chi connectivity index (χ3n) is 6.48. The molecule has 154 valence electrons. The van der Waals surface area contributed by atoms with Gasteiger partial charge in [0.2, 0.25) is 17.6 Å². The van der Waals surface area contributed by atoms with Crippen LogP contribution in [0.15, 0.2) is 53.1 Å². The van der Waals surface area contributed by atoms with Crippen molar-refractivity contribution in [3.8, 4) is 11.4 Å². The third kappa shape index (κ3) is 3.73. The van der Waals surface area contributed by atoms with Crippen molar-refractivity contribution in [2.24, 2.45) is 11.1 Å². The number of nitrogens with two attached hydrogens (primary N) is 1. The van der Waals surface area contributed by atoms with Gasteiger partial charge in [-0.25, -0.2) is 0 Å². The highest BCUT2D eigenvalue weighted by molar-refractivity contribution is 6.30. The molecule has 1 aliphatic heterocycles. The number of hydrogen-bond acceptors (Lipinski definition) is 5. The lowest BCUT2D eigenvalue weighted by atomic mass is 9.90. The van der Waals surface area contributed by atoms with Gasteiger partial charge in [-0.15, -0.1) is 0 Å². The van der Waals surface area contributed by atoms with Crippen LogP contribution in [0.3, 0.4) is 0 Å². The minimum atomic E-state index is -0.382. The summed E-state index contributed by atoms with van der Waals surface area (Å²) in [6.07, 6.45) is 3.33. The van der Waals surface area contributed by atoms with Gasteiger partial charge in [-0.05, 0) is 67.6 Å². The van der Waals surface area contributed by atoms with Gasteiger partial charge in [-0.3, -0.25) is 9.69 Å². The Morgan fingerprint density at radius 1 is 1.20 bits per heavy atom.